The van der Waals surface area contributed by atoms with Gasteiger partial charge in [-0.05, 0) is 42.4 Å². The first kappa shape index (κ1) is 24.3. The van der Waals surface area contributed by atoms with Crippen molar-refractivity contribution in [2.75, 3.05) is 0 Å². The molecule has 0 atom stereocenters. The first-order valence-electron chi connectivity index (χ1n) is 10.6. The van der Waals surface area contributed by atoms with Crippen LogP contribution in [0.2, 0.25) is 0 Å². The second kappa shape index (κ2) is 12.0. The number of rotatable bonds is 3. The van der Waals surface area contributed by atoms with E-state index in [4.69, 9.17) is 0 Å². The van der Waals surface area contributed by atoms with Crippen molar-refractivity contribution in [1.82, 2.24) is 9.97 Å². The number of aryl methyl sites for hydroxylation is 2. The molecule has 165 valence electrons. The zero-order valence-corrected chi connectivity index (χ0v) is 21.0. The summed E-state index contributed by atoms with van der Waals surface area (Å²) in [4.78, 5) is 8.83. The molecule has 0 fully saturated rings. The van der Waals surface area contributed by atoms with E-state index >= 15 is 0 Å². The Bertz CT molecular complexity index is 1270. The molecule has 0 amide bonds. The summed E-state index contributed by atoms with van der Waals surface area (Å²) in [7, 11) is 0. The van der Waals surface area contributed by atoms with Crippen molar-refractivity contribution < 1.29 is 20.1 Å². The maximum Gasteiger partial charge on any atom is 0.0242 e. The van der Waals surface area contributed by atoms with Crippen LogP contribution in [-0.4, -0.2) is 9.97 Å². The van der Waals surface area contributed by atoms with Crippen LogP contribution in [0.3, 0.4) is 0 Å². The van der Waals surface area contributed by atoms with Crippen molar-refractivity contribution in [3.05, 3.63) is 133 Å². The molecule has 0 unspecified atom stereocenters. The molecule has 1 radical (unpaired) electrons. The SMILES string of the molecule is Cc1cc(-c2[c-]cccc2)ncc1-c1ccccc1.Cc1ccnc(-c2[c-]cccc2)c1.[Ir]. The van der Waals surface area contributed by atoms with Crippen LogP contribution >= 0.6 is 0 Å². The maximum absolute atomic E-state index is 4.55. The fourth-order valence-corrected chi connectivity index (χ4v) is 3.41. The normalized spacial score (nSPS) is 9.88. The van der Waals surface area contributed by atoms with Gasteiger partial charge >= 0.3 is 0 Å². The predicted molar refractivity (Wildman–Crippen MR) is 132 cm³/mol. The van der Waals surface area contributed by atoms with Gasteiger partial charge in [-0.3, -0.25) is 0 Å². The van der Waals surface area contributed by atoms with E-state index in [2.05, 4.69) is 60.2 Å². The van der Waals surface area contributed by atoms with Gasteiger partial charge in [0.05, 0.1) is 0 Å². The summed E-state index contributed by atoms with van der Waals surface area (Å²) in [5.74, 6) is 0. The number of hydrogen-bond acceptors (Lipinski definition) is 2. The van der Waals surface area contributed by atoms with Gasteiger partial charge in [-0.15, -0.1) is 71.8 Å². The summed E-state index contributed by atoms with van der Waals surface area (Å²) in [5.41, 5.74) is 8.88. The molecule has 5 aromatic rings. The van der Waals surface area contributed by atoms with Gasteiger partial charge in [-0.25, -0.2) is 0 Å². The minimum Gasteiger partial charge on any atom is -0.305 e. The summed E-state index contributed by atoms with van der Waals surface area (Å²) in [6, 6.07) is 38.7. The van der Waals surface area contributed by atoms with E-state index in [-0.39, 0.29) is 20.1 Å². The molecule has 0 N–H and O–H groups in total. The number of hydrogen-bond donors (Lipinski definition) is 0. The third-order valence-corrected chi connectivity index (χ3v) is 5.08. The third-order valence-electron chi connectivity index (χ3n) is 5.08. The molecular weight excluding hydrogens is 581 g/mol. The van der Waals surface area contributed by atoms with Crippen LogP contribution in [0.4, 0.5) is 0 Å². The molecule has 0 bridgehead atoms. The second-order valence-corrected chi connectivity index (χ2v) is 7.52. The molecule has 2 nitrogen and oxygen atoms in total. The fourth-order valence-electron chi connectivity index (χ4n) is 3.41. The molecule has 0 aliphatic carbocycles. The Morgan fingerprint density at radius 2 is 1.24 bits per heavy atom. The fraction of sp³-hybridized carbons (Fsp3) is 0.0667. The first-order chi connectivity index (χ1) is 15.7. The van der Waals surface area contributed by atoms with Gasteiger partial charge in [-0.1, -0.05) is 48.0 Å². The average molecular weight is 605 g/mol. The third kappa shape index (κ3) is 6.55. The predicted octanol–water partition coefficient (Wildman–Crippen LogP) is 7.38. The van der Waals surface area contributed by atoms with E-state index in [1.54, 1.807) is 0 Å². The molecule has 0 saturated carbocycles. The number of aromatic nitrogens is 2. The molecule has 0 aliphatic rings. The summed E-state index contributed by atoms with van der Waals surface area (Å²) in [5, 5.41) is 0. The molecular formula is C30H24IrN2-2. The minimum atomic E-state index is 0. The van der Waals surface area contributed by atoms with Crippen molar-refractivity contribution in [3.63, 3.8) is 0 Å². The minimum absolute atomic E-state index is 0. The van der Waals surface area contributed by atoms with E-state index < -0.39 is 0 Å². The summed E-state index contributed by atoms with van der Waals surface area (Å²) in [6.45, 7) is 4.19. The van der Waals surface area contributed by atoms with Gasteiger partial charge in [0.2, 0.25) is 0 Å². The average Bonchev–Trinajstić information content (AvgIpc) is 2.86. The zero-order valence-electron chi connectivity index (χ0n) is 18.6. The van der Waals surface area contributed by atoms with Gasteiger partial charge in [0, 0.05) is 38.1 Å². The van der Waals surface area contributed by atoms with Gasteiger partial charge in [0.15, 0.2) is 0 Å². The number of nitrogens with zero attached hydrogens (tertiary/aromatic N) is 2. The monoisotopic (exact) mass is 605 g/mol. The summed E-state index contributed by atoms with van der Waals surface area (Å²) in [6.07, 6.45) is 3.77. The Kier molecular flexibility index (Phi) is 8.83. The molecule has 5 rings (SSSR count). The second-order valence-electron chi connectivity index (χ2n) is 7.52. The Balaban J connectivity index is 0.000000192. The first-order valence-corrected chi connectivity index (χ1v) is 10.6. The Morgan fingerprint density at radius 3 is 1.79 bits per heavy atom. The standard InChI is InChI=1S/C18H14N.C12H10N.Ir/c1-14-12-18(16-10-6-3-7-11-16)19-13-17(14)15-8-4-2-5-9-15;1-10-7-8-13-12(9-10)11-5-3-2-4-6-11;/h2-10,12-13H,1H3;2-5,7-9H,1H3;/q2*-1;. The van der Waals surface area contributed by atoms with Gasteiger partial charge in [0.25, 0.3) is 0 Å². The van der Waals surface area contributed by atoms with Gasteiger partial charge in [-0.2, -0.15) is 0 Å². The molecule has 0 spiro atoms. The Hall–Kier alpha value is -3.39. The van der Waals surface area contributed by atoms with Gasteiger partial charge in [0.1, 0.15) is 0 Å². The molecule has 2 aromatic heterocycles. The Morgan fingerprint density at radius 1 is 0.636 bits per heavy atom. The molecule has 0 aliphatic heterocycles. The smallest absolute Gasteiger partial charge is 0.0242 e. The van der Waals surface area contributed by atoms with Crippen LogP contribution in [0.25, 0.3) is 33.6 Å². The van der Waals surface area contributed by atoms with Crippen LogP contribution in [-0.2, 0) is 20.1 Å². The quantitative estimate of drug-likeness (QED) is 0.201. The van der Waals surface area contributed by atoms with E-state index in [0.717, 1.165) is 22.5 Å². The van der Waals surface area contributed by atoms with Crippen molar-refractivity contribution in [2.45, 2.75) is 13.8 Å². The van der Waals surface area contributed by atoms with Crippen LogP contribution in [0.5, 0.6) is 0 Å². The molecule has 3 aromatic carbocycles. The Labute approximate surface area is 209 Å². The molecule has 2 heterocycles. The van der Waals surface area contributed by atoms with Crippen molar-refractivity contribution in [3.8, 4) is 33.6 Å². The zero-order chi connectivity index (χ0) is 22.2. The molecule has 0 saturated heterocycles. The van der Waals surface area contributed by atoms with Crippen LogP contribution in [0.1, 0.15) is 11.1 Å². The number of benzene rings is 3. The van der Waals surface area contributed by atoms with Crippen molar-refractivity contribution in [2.24, 2.45) is 0 Å². The van der Waals surface area contributed by atoms with E-state index in [9.17, 15) is 0 Å². The summed E-state index contributed by atoms with van der Waals surface area (Å²) >= 11 is 0. The summed E-state index contributed by atoms with van der Waals surface area (Å²) < 4.78 is 0. The van der Waals surface area contributed by atoms with Crippen LogP contribution in [0.15, 0.2) is 109 Å². The topological polar surface area (TPSA) is 25.8 Å². The largest absolute Gasteiger partial charge is 0.305 e. The van der Waals surface area contributed by atoms with E-state index in [0.29, 0.717) is 0 Å². The van der Waals surface area contributed by atoms with Crippen LogP contribution in [0, 0.1) is 26.0 Å². The van der Waals surface area contributed by atoms with Crippen molar-refractivity contribution >= 4 is 0 Å². The van der Waals surface area contributed by atoms with Crippen molar-refractivity contribution in [1.29, 1.82) is 0 Å². The van der Waals surface area contributed by atoms with E-state index in [1.165, 1.54) is 22.3 Å². The number of pyridine rings is 2. The molecule has 3 heteroatoms. The van der Waals surface area contributed by atoms with Crippen LogP contribution < -0.4 is 0 Å². The van der Waals surface area contributed by atoms with E-state index in [1.807, 2.05) is 85.2 Å². The molecule has 33 heavy (non-hydrogen) atoms. The maximum atomic E-state index is 4.55. The van der Waals surface area contributed by atoms with Gasteiger partial charge < -0.3 is 9.97 Å².